The molecule has 248 valence electrons. The van der Waals surface area contributed by atoms with Crippen molar-refractivity contribution >= 4 is 71.5 Å². The molecule has 0 atom stereocenters. The minimum atomic E-state index is -0.448. The molecule has 0 bridgehead atoms. The molecule has 0 spiro atoms. The van der Waals surface area contributed by atoms with E-state index in [0.29, 0.717) is 0 Å². The Labute approximate surface area is 292 Å². The van der Waals surface area contributed by atoms with Gasteiger partial charge in [0.05, 0.1) is 27.6 Å². The summed E-state index contributed by atoms with van der Waals surface area (Å²) in [7, 11) is 0. The molecule has 4 heteroatoms. The van der Waals surface area contributed by atoms with Crippen molar-refractivity contribution in [2.24, 2.45) is 10.8 Å². The molecule has 0 fully saturated rings. The topological polar surface area (TPSA) is 43.5 Å². The number of nitrogens with zero attached hydrogens (tertiary/aromatic N) is 2. The Hall–Kier alpha value is -4.96. The van der Waals surface area contributed by atoms with E-state index in [4.69, 9.17) is 0 Å². The van der Waals surface area contributed by atoms with Crippen molar-refractivity contribution in [2.45, 2.75) is 79.1 Å². The fourth-order valence-electron chi connectivity index (χ4n) is 10.7. The molecule has 3 heterocycles. The van der Waals surface area contributed by atoms with Crippen molar-refractivity contribution in [3.05, 3.63) is 107 Å². The number of carbonyl (C=O) groups excluding carboxylic acids is 2. The summed E-state index contributed by atoms with van der Waals surface area (Å²) < 4.78 is 4.76. The first-order valence-electron chi connectivity index (χ1n) is 18.0. The maximum atomic E-state index is 14.1. The van der Waals surface area contributed by atoms with E-state index in [1.165, 1.54) is 32.6 Å². The fraction of sp³-hybridized carbons (Fsp3) is 0.304. The van der Waals surface area contributed by atoms with Crippen LogP contribution in [0.4, 0.5) is 0 Å². The van der Waals surface area contributed by atoms with E-state index < -0.39 is 10.8 Å². The van der Waals surface area contributed by atoms with E-state index >= 15 is 0 Å². The van der Waals surface area contributed by atoms with Crippen molar-refractivity contribution in [1.29, 1.82) is 0 Å². The van der Waals surface area contributed by atoms with Crippen molar-refractivity contribution in [3.63, 3.8) is 0 Å². The quantitative estimate of drug-likeness (QED) is 0.177. The molecule has 0 saturated heterocycles. The van der Waals surface area contributed by atoms with E-state index in [-0.39, 0.29) is 22.4 Å². The molecule has 10 rings (SSSR count). The van der Waals surface area contributed by atoms with Gasteiger partial charge in [-0.2, -0.15) is 0 Å². The Bertz CT molecular complexity index is 2670. The minimum absolute atomic E-state index is 0.159. The third-order valence-corrected chi connectivity index (χ3v) is 12.4. The second-order valence-corrected chi connectivity index (χ2v) is 18.0. The summed E-state index contributed by atoms with van der Waals surface area (Å²) in [5.41, 5.74) is 9.36. The van der Waals surface area contributed by atoms with Crippen LogP contribution in [-0.2, 0) is 10.8 Å². The maximum Gasteiger partial charge on any atom is 0.168 e. The second-order valence-electron chi connectivity index (χ2n) is 18.0. The highest BCUT2D eigenvalue weighted by atomic mass is 16.1. The highest BCUT2D eigenvalue weighted by molar-refractivity contribution is 6.26. The lowest BCUT2D eigenvalue weighted by molar-refractivity contribution is 0.0760. The van der Waals surface area contributed by atoms with E-state index in [0.717, 1.165) is 68.1 Å². The molecule has 0 aliphatic heterocycles. The third-order valence-electron chi connectivity index (χ3n) is 12.4. The molecule has 3 aromatic heterocycles. The SMILES string of the molecule is CC1(C)CC(C)(C)c2cc3c4cc(-n5c6ccccc6c6ccccc65)cc5c6cc7c(cc6n(c3cc2C1=O)c45)C(=O)C(C)(C)CC7(C)C. The zero-order chi connectivity index (χ0) is 34.9. The van der Waals surface area contributed by atoms with Gasteiger partial charge >= 0.3 is 0 Å². The van der Waals surface area contributed by atoms with Crippen molar-refractivity contribution in [2.75, 3.05) is 0 Å². The molecular weight excluding hydrogens is 613 g/mol. The van der Waals surface area contributed by atoms with E-state index in [9.17, 15) is 9.59 Å². The summed E-state index contributed by atoms with van der Waals surface area (Å²) in [5.74, 6) is 0.417. The normalized spacial score (nSPS) is 19.4. The summed E-state index contributed by atoms with van der Waals surface area (Å²) >= 11 is 0. The Morgan fingerprint density at radius 1 is 0.460 bits per heavy atom. The minimum Gasteiger partial charge on any atom is -0.309 e. The highest BCUT2D eigenvalue weighted by Gasteiger charge is 2.45. The fourth-order valence-corrected chi connectivity index (χ4v) is 10.7. The molecule has 0 unspecified atom stereocenters. The van der Waals surface area contributed by atoms with Crippen LogP contribution in [-0.4, -0.2) is 20.5 Å². The average Bonchev–Trinajstić information content (AvgIpc) is 3.68. The first kappa shape index (κ1) is 29.9. The number of hydrogen-bond donors (Lipinski definition) is 0. The predicted molar refractivity (Wildman–Crippen MR) is 207 cm³/mol. The van der Waals surface area contributed by atoms with Gasteiger partial charge in [-0.1, -0.05) is 91.8 Å². The van der Waals surface area contributed by atoms with E-state index in [1.807, 2.05) is 0 Å². The number of aromatic nitrogens is 2. The zero-order valence-electron chi connectivity index (χ0n) is 30.2. The van der Waals surface area contributed by atoms with E-state index in [1.54, 1.807) is 0 Å². The standard InChI is InChI=1S/C46H42N2O2/c1-43(2)23-45(5,6)41(49)32-21-38-28(19-34(32)43)30-17-25(47-36-15-11-9-13-26(36)27-14-10-12-16-37(27)47)18-31-29-20-35-33(22-39(29)48(38)40(30)31)42(50)46(7,8)24-44(35,3)4/h9-22H,23-24H2,1-8H3. The van der Waals surface area contributed by atoms with Gasteiger partial charge in [0, 0.05) is 60.0 Å². The molecular formula is C46H42N2O2. The Morgan fingerprint density at radius 2 is 0.880 bits per heavy atom. The van der Waals surface area contributed by atoms with Gasteiger partial charge in [-0.15, -0.1) is 0 Å². The van der Waals surface area contributed by atoms with Crippen LogP contribution in [0, 0.1) is 10.8 Å². The van der Waals surface area contributed by atoms with Gasteiger partial charge in [-0.05, 0) is 83.3 Å². The number of rotatable bonds is 1. The van der Waals surface area contributed by atoms with Crippen molar-refractivity contribution < 1.29 is 9.59 Å². The molecule has 50 heavy (non-hydrogen) atoms. The van der Waals surface area contributed by atoms with Gasteiger partial charge in [0.2, 0.25) is 0 Å². The predicted octanol–water partition coefficient (Wildman–Crippen LogP) is 11.7. The molecule has 5 aromatic carbocycles. The number of hydrogen-bond acceptors (Lipinski definition) is 2. The van der Waals surface area contributed by atoms with Crippen LogP contribution in [0.3, 0.4) is 0 Å². The summed E-state index contributed by atoms with van der Waals surface area (Å²) in [6.07, 6.45) is 1.60. The molecule has 0 saturated carbocycles. The lowest BCUT2D eigenvalue weighted by atomic mass is 9.61. The Morgan fingerprint density at radius 3 is 1.32 bits per heavy atom. The molecule has 4 nitrogen and oxygen atoms in total. The molecule has 0 N–H and O–H groups in total. The lowest BCUT2D eigenvalue weighted by Gasteiger charge is -2.41. The molecule has 0 radical (unpaired) electrons. The second kappa shape index (κ2) is 9.03. The Balaban J connectivity index is 1.41. The molecule has 2 aliphatic carbocycles. The average molecular weight is 655 g/mol. The molecule has 8 aromatic rings. The molecule has 2 aliphatic rings. The number of benzene rings is 5. The lowest BCUT2D eigenvalue weighted by Crippen LogP contribution is -2.39. The number of ketones is 2. The number of para-hydroxylation sites is 2. The summed E-state index contributed by atoms with van der Waals surface area (Å²) in [6.45, 7) is 17.5. The van der Waals surface area contributed by atoms with E-state index in [2.05, 4.69) is 149 Å². The first-order chi connectivity index (χ1) is 23.6. The number of fused-ring (bicyclic) bond motifs is 11. The van der Waals surface area contributed by atoms with Gasteiger partial charge in [-0.25, -0.2) is 0 Å². The highest BCUT2D eigenvalue weighted by Crippen LogP contribution is 2.51. The van der Waals surface area contributed by atoms with Gasteiger partial charge in [0.25, 0.3) is 0 Å². The largest absolute Gasteiger partial charge is 0.309 e. The van der Waals surface area contributed by atoms with Crippen LogP contribution in [0.2, 0.25) is 0 Å². The maximum absolute atomic E-state index is 14.1. The summed E-state index contributed by atoms with van der Waals surface area (Å²) in [6, 6.07) is 31.0. The van der Waals surface area contributed by atoms with Crippen molar-refractivity contribution in [1.82, 2.24) is 8.97 Å². The van der Waals surface area contributed by atoms with Crippen LogP contribution >= 0.6 is 0 Å². The van der Waals surface area contributed by atoms with Crippen molar-refractivity contribution in [3.8, 4) is 5.69 Å². The summed E-state index contributed by atoms with van der Waals surface area (Å²) in [5, 5.41) is 7.11. The van der Waals surface area contributed by atoms with Gasteiger partial charge in [0.15, 0.2) is 11.6 Å². The third kappa shape index (κ3) is 3.62. The van der Waals surface area contributed by atoms with Crippen LogP contribution < -0.4 is 0 Å². The van der Waals surface area contributed by atoms with Gasteiger partial charge in [-0.3, -0.25) is 9.59 Å². The zero-order valence-corrected chi connectivity index (χ0v) is 30.2. The number of Topliss-reactive ketones (excluding diaryl/α,β-unsaturated/α-hetero) is 2. The Kier molecular flexibility index (Phi) is 5.40. The van der Waals surface area contributed by atoms with Crippen LogP contribution in [0.15, 0.2) is 84.9 Å². The van der Waals surface area contributed by atoms with Crippen LogP contribution in [0.5, 0.6) is 0 Å². The van der Waals surface area contributed by atoms with Crippen LogP contribution in [0.25, 0.3) is 65.6 Å². The smallest absolute Gasteiger partial charge is 0.168 e. The van der Waals surface area contributed by atoms with Gasteiger partial charge < -0.3 is 8.97 Å². The molecule has 0 amide bonds. The first-order valence-corrected chi connectivity index (χ1v) is 18.0. The monoisotopic (exact) mass is 654 g/mol. The van der Waals surface area contributed by atoms with Gasteiger partial charge in [0.1, 0.15) is 0 Å². The number of carbonyl (C=O) groups is 2. The summed E-state index contributed by atoms with van der Waals surface area (Å²) in [4.78, 5) is 28.2. The van der Waals surface area contributed by atoms with Crippen LogP contribution in [0.1, 0.15) is 100 Å².